The molecule has 0 aliphatic rings. The van der Waals surface area contributed by atoms with Crippen LogP contribution in [0.25, 0.3) is 11.5 Å². The molecule has 0 bridgehead atoms. The molecule has 8 heteroatoms. The second-order valence-electron chi connectivity index (χ2n) is 4.92. The summed E-state index contributed by atoms with van der Waals surface area (Å²) >= 11 is 0. The van der Waals surface area contributed by atoms with Gasteiger partial charge in [0.2, 0.25) is 5.89 Å². The lowest BCUT2D eigenvalue weighted by Gasteiger charge is -2.12. The second kappa shape index (κ2) is 6.90. The summed E-state index contributed by atoms with van der Waals surface area (Å²) in [4.78, 5) is 11.2. The van der Waals surface area contributed by atoms with Gasteiger partial charge >= 0.3 is 11.8 Å². The van der Waals surface area contributed by atoms with Crippen molar-refractivity contribution in [2.75, 3.05) is 13.7 Å². The molecule has 1 aromatic heterocycles. The molecule has 2 rings (SSSR count). The van der Waals surface area contributed by atoms with Crippen molar-refractivity contribution in [2.45, 2.75) is 13.8 Å². The van der Waals surface area contributed by atoms with E-state index in [-0.39, 0.29) is 11.8 Å². The number of aromatic nitrogens is 2. The quantitative estimate of drug-likeness (QED) is 0.620. The zero-order valence-electron chi connectivity index (χ0n) is 12.5. The summed E-state index contributed by atoms with van der Waals surface area (Å²) in [5.41, 5.74) is 1.99. The molecule has 2 aromatic rings. The van der Waals surface area contributed by atoms with Crippen LogP contribution in [0.5, 0.6) is 11.5 Å². The third-order valence-electron chi connectivity index (χ3n) is 2.70. The Kier molecular flexibility index (Phi) is 4.95. The number of methoxy groups -OCH3 is 1. The first-order valence-electron chi connectivity index (χ1n) is 6.64. The molecule has 1 amide bonds. The van der Waals surface area contributed by atoms with Gasteiger partial charge in [0.25, 0.3) is 0 Å². The maximum atomic E-state index is 11.2. The van der Waals surface area contributed by atoms with Gasteiger partial charge in [-0.3, -0.25) is 10.0 Å². The number of carbonyl (C=O) groups is 1. The number of hydrogen-bond donors (Lipinski definition) is 2. The van der Waals surface area contributed by atoms with Crippen LogP contribution in [0, 0.1) is 5.92 Å². The number of nitrogens with zero attached hydrogens (tertiary/aromatic N) is 2. The van der Waals surface area contributed by atoms with Gasteiger partial charge in [0.15, 0.2) is 11.5 Å². The number of amides is 1. The van der Waals surface area contributed by atoms with Crippen molar-refractivity contribution in [3.8, 4) is 23.0 Å². The first-order valence-corrected chi connectivity index (χ1v) is 6.64. The average Bonchev–Trinajstić information content (AvgIpc) is 3.01. The van der Waals surface area contributed by atoms with Gasteiger partial charge in [0.05, 0.1) is 13.7 Å². The predicted molar refractivity (Wildman–Crippen MR) is 75.9 cm³/mol. The van der Waals surface area contributed by atoms with Crippen molar-refractivity contribution < 1.29 is 23.9 Å². The van der Waals surface area contributed by atoms with Crippen molar-refractivity contribution in [1.29, 1.82) is 0 Å². The van der Waals surface area contributed by atoms with Crippen molar-refractivity contribution in [3.05, 3.63) is 24.1 Å². The summed E-state index contributed by atoms with van der Waals surface area (Å²) in [6.07, 6.45) is 0. The second-order valence-corrected chi connectivity index (χ2v) is 4.92. The Bertz CT molecular complexity index is 654. The van der Waals surface area contributed by atoms with Crippen LogP contribution in [-0.2, 0) is 0 Å². The van der Waals surface area contributed by atoms with Crippen LogP contribution in [-0.4, -0.2) is 35.0 Å². The monoisotopic (exact) mass is 307 g/mol. The molecule has 8 nitrogen and oxygen atoms in total. The lowest BCUT2D eigenvalue weighted by molar-refractivity contribution is 0.0669. The highest BCUT2D eigenvalue weighted by Gasteiger charge is 2.16. The maximum absolute atomic E-state index is 11.2. The standard InChI is InChI=1S/C14H17N3O5/c1-8(2)7-21-10-5-4-9(6-11(10)20-3)13-15-16-14(22-13)12(18)17-19/h4-6,8,19H,7H2,1-3H3,(H,17,18). The van der Waals surface area contributed by atoms with Gasteiger partial charge in [0, 0.05) is 5.56 Å². The SMILES string of the molecule is COc1cc(-c2nnc(C(=O)NO)o2)ccc1OCC(C)C. The van der Waals surface area contributed by atoms with Gasteiger partial charge in [0.1, 0.15) is 0 Å². The number of carbonyl (C=O) groups excluding carboxylic acids is 1. The molecule has 22 heavy (non-hydrogen) atoms. The number of rotatable bonds is 6. The van der Waals surface area contributed by atoms with E-state index in [1.807, 2.05) is 13.8 Å². The van der Waals surface area contributed by atoms with E-state index < -0.39 is 5.91 Å². The molecule has 1 heterocycles. The lowest BCUT2D eigenvalue weighted by Crippen LogP contribution is -2.18. The van der Waals surface area contributed by atoms with Crippen LogP contribution in [0.4, 0.5) is 0 Å². The summed E-state index contributed by atoms with van der Waals surface area (Å²) in [6, 6.07) is 5.11. The van der Waals surface area contributed by atoms with Gasteiger partial charge in [-0.15, -0.1) is 10.2 Å². The van der Waals surface area contributed by atoms with E-state index in [4.69, 9.17) is 19.1 Å². The fourth-order valence-electron chi connectivity index (χ4n) is 1.66. The van der Waals surface area contributed by atoms with Crippen LogP contribution < -0.4 is 15.0 Å². The summed E-state index contributed by atoms with van der Waals surface area (Å²) < 4.78 is 16.1. The summed E-state index contributed by atoms with van der Waals surface area (Å²) in [5, 5.41) is 15.8. The topological polar surface area (TPSA) is 107 Å². The fraction of sp³-hybridized carbons (Fsp3) is 0.357. The first-order chi connectivity index (χ1) is 10.5. The Labute approximate surface area is 127 Å². The van der Waals surface area contributed by atoms with Crippen molar-refractivity contribution in [3.63, 3.8) is 0 Å². The first kappa shape index (κ1) is 15.8. The third kappa shape index (κ3) is 3.53. The van der Waals surface area contributed by atoms with Crippen molar-refractivity contribution in [1.82, 2.24) is 15.7 Å². The summed E-state index contributed by atoms with van der Waals surface area (Å²) in [5.74, 6) is 0.434. The Morgan fingerprint density at radius 2 is 2.14 bits per heavy atom. The van der Waals surface area contributed by atoms with E-state index in [0.717, 1.165) is 0 Å². The number of hydroxylamine groups is 1. The zero-order valence-corrected chi connectivity index (χ0v) is 12.5. The predicted octanol–water partition coefficient (Wildman–Crippen LogP) is 1.90. The van der Waals surface area contributed by atoms with Crippen LogP contribution >= 0.6 is 0 Å². The molecule has 0 atom stereocenters. The molecule has 118 valence electrons. The molecule has 1 aromatic carbocycles. The van der Waals surface area contributed by atoms with Gasteiger partial charge in [-0.25, -0.2) is 5.48 Å². The molecule has 2 N–H and O–H groups in total. The van der Waals surface area contributed by atoms with Crippen LogP contribution in [0.1, 0.15) is 24.5 Å². The van der Waals surface area contributed by atoms with E-state index in [2.05, 4.69) is 10.2 Å². The van der Waals surface area contributed by atoms with Gasteiger partial charge < -0.3 is 13.9 Å². The number of ether oxygens (including phenoxy) is 2. The minimum absolute atomic E-state index is 0.132. The highest BCUT2D eigenvalue weighted by molar-refractivity contribution is 5.88. The summed E-state index contributed by atoms with van der Waals surface area (Å²) in [6.45, 7) is 4.66. The summed E-state index contributed by atoms with van der Waals surface area (Å²) in [7, 11) is 1.53. The van der Waals surface area contributed by atoms with Crippen molar-refractivity contribution in [2.24, 2.45) is 5.92 Å². The molecular formula is C14H17N3O5. The molecule has 0 fully saturated rings. The number of benzene rings is 1. The van der Waals surface area contributed by atoms with E-state index in [9.17, 15) is 4.79 Å². The normalized spacial score (nSPS) is 10.6. The van der Waals surface area contributed by atoms with Gasteiger partial charge in [-0.2, -0.15) is 0 Å². The smallest absolute Gasteiger partial charge is 0.332 e. The van der Waals surface area contributed by atoms with Gasteiger partial charge in [-0.05, 0) is 24.1 Å². The largest absolute Gasteiger partial charge is 0.493 e. The fourth-order valence-corrected chi connectivity index (χ4v) is 1.66. The number of hydrogen-bond acceptors (Lipinski definition) is 7. The van der Waals surface area contributed by atoms with E-state index >= 15 is 0 Å². The molecule has 0 saturated heterocycles. The average molecular weight is 307 g/mol. The zero-order chi connectivity index (χ0) is 16.1. The van der Waals surface area contributed by atoms with E-state index in [0.29, 0.717) is 29.6 Å². The van der Waals surface area contributed by atoms with E-state index in [1.165, 1.54) is 12.6 Å². The highest BCUT2D eigenvalue weighted by atomic mass is 16.5. The minimum atomic E-state index is -0.873. The Balaban J connectivity index is 2.25. The van der Waals surface area contributed by atoms with Crippen LogP contribution in [0.3, 0.4) is 0 Å². The molecule has 0 spiro atoms. The Morgan fingerprint density at radius 1 is 1.36 bits per heavy atom. The molecule has 0 radical (unpaired) electrons. The van der Waals surface area contributed by atoms with Gasteiger partial charge in [-0.1, -0.05) is 13.8 Å². The highest BCUT2D eigenvalue weighted by Crippen LogP contribution is 2.32. The molecular weight excluding hydrogens is 290 g/mol. The maximum Gasteiger partial charge on any atom is 0.332 e. The Hall–Kier alpha value is -2.61. The molecule has 0 saturated carbocycles. The van der Waals surface area contributed by atoms with Crippen molar-refractivity contribution >= 4 is 5.91 Å². The lowest BCUT2D eigenvalue weighted by atomic mass is 10.2. The van der Waals surface area contributed by atoms with Crippen LogP contribution in [0.15, 0.2) is 22.6 Å². The third-order valence-corrected chi connectivity index (χ3v) is 2.70. The molecule has 0 unspecified atom stereocenters. The molecule has 0 aliphatic carbocycles. The van der Waals surface area contributed by atoms with E-state index in [1.54, 1.807) is 18.2 Å². The van der Waals surface area contributed by atoms with Crippen LogP contribution in [0.2, 0.25) is 0 Å². The minimum Gasteiger partial charge on any atom is -0.493 e. The number of nitrogens with one attached hydrogen (secondary N) is 1. The molecule has 0 aliphatic heterocycles. The Morgan fingerprint density at radius 3 is 2.77 bits per heavy atom.